The largest absolute Gasteiger partial charge is 0.270 e. The van der Waals surface area contributed by atoms with Crippen molar-refractivity contribution in [3.05, 3.63) is 79.9 Å². The molecule has 0 unspecified atom stereocenters. The third kappa shape index (κ3) is 4.04. The van der Waals surface area contributed by atoms with Gasteiger partial charge in [0.25, 0.3) is 11.4 Å². The molecule has 0 saturated heterocycles. The monoisotopic (exact) mass is 298 g/mol. The van der Waals surface area contributed by atoms with Crippen LogP contribution in [0.25, 0.3) is 0 Å². The Hall–Kier alpha value is -3.42. The predicted molar refractivity (Wildman–Crippen MR) is 81.4 cm³/mol. The molecule has 2 aromatic carbocycles. The SMILES string of the molecule is O=[N+]([O-])c1cccc(C=NN=Cc2cccc([N+](=O)[O-])c2)c1. The van der Waals surface area contributed by atoms with E-state index in [0.29, 0.717) is 11.1 Å². The summed E-state index contributed by atoms with van der Waals surface area (Å²) >= 11 is 0. The number of nitro benzene ring substituents is 2. The second-order valence-corrected chi connectivity index (χ2v) is 4.19. The first kappa shape index (κ1) is 15.0. The van der Waals surface area contributed by atoms with Crippen molar-refractivity contribution in [1.29, 1.82) is 0 Å². The Morgan fingerprint density at radius 1 is 0.773 bits per heavy atom. The molecule has 0 fully saturated rings. The van der Waals surface area contributed by atoms with Gasteiger partial charge in [0.1, 0.15) is 0 Å². The molecule has 8 nitrogen and oxygen atoms in total. The molecular weight excluding hydrogens is 288 g/mol. The standard InChI is InChI=1S/C14H10N4O4/c19-17(20)13-5-1-3-11(7-13)9-15-16-10-12-4-2-6-14(8-12)18(21)22/h1-10H. The molecule has 110 valence electrons. The highest BCUT2D eigenvalue weighted by Crippen LogP contribution is 2.12. The average Bonchev–Trinajstić information content (AvgIpc) is 2.52. The minimum atomic E-state index is -0.496. The van der Waals surface area contributed by atoms with Gasteiger partial charge in [0, 0.05) is 35.4 Å². The van der Waals surface area contributed by atoms with E-state index < -0.39 is 9.85 Å². The van der Waals surface area contributed by atoms with E-state index in [1.807, 2.05) is 0 Å². The molecule has 0 N–H and O–H groups in total. The van der Waals surface area contributed by atoms with Gasteiger partial charge in [-0.3, -0.25) is 20.2 Å². The number of rotatable bonds is 5. The van der Waals surface area contributed by atoms with E-state index in [1.165, 1.54) is 36.7 Å². The first-order valence-corrected chi connectivity index (χ1v) is 6.11. The van der Waals surface area contributed by atoms with Crippen molar-refractivity contribution in [3.63, 3.8) is 0 Å². The number of hydrogen-bond acceptors (Lipinski definition) is 6. The van der Waals surface area contributed by atoms with Crippen LogP contribution in [0.3, 0.4) is 0 Å². The highest BCUT2D eigenvalue weighted by Gasteiger charge is 2.04. The molecule has 0 heterocycles. The van der Waals surface area contributed by atoms with E-state index in [-0.39, 0.29) is 11.4 Å². The summed E-state index contributed by atoms with van der Waals surface area (Å²) in [4.78, 5) is 20.3. The number of non-ortho nitro benzene ring substituents is 2. The number of hydrogen-bond donors (Lipinski definition) is 0. The van der Waals surface area contributed by atoms with Crippen molar-refractivity contribution in [2.75, 3.05) is 0 Å². The molecule has 0 radical (unpaired) electrons. The smallest absolute Gasteiger partial charge is 0.258 e. The average molecular weight is 298 g/mol. The first-order valence-electron chi connectivity index (χ1n) is 6.11. The van der Waals surface area contributed by atoms with Crippen LogP contribution in [0.1, 0.15) is 11.1 Å². The van der Waals surface area contributed by atoms with E-state index in [4.69, 9.17) is 0 Å². The molecule has 8 heteroatoms. The summed E-state index contributed by atoms with van der Waals surface area (Å²) in [5.41, 5.74) is 0.994. The van der Waals surface area contributed by atoms with Crippen molar-refractivity contribution < 1.29 is 9.85 Å². The Kier molecular flexibility index (Phi) is 4.66. The fourth-order valence-corrected chi connectivity index (χ4v) is 1.64. The Balaban J connectivity index is 2.09. The number of benzene rings is 2. The molecule has 0 aliphatic carbocycles. The van der Waals surface area contributed by atoms with Gasteiger partial charge in [-0.25, -0.2) is 0 Å². The van der Waals surface area contributed by atoms with E-state index in [1.54, 1.807) is 24.3 Å². The van der Waals surface area contributed by atoms with Crippen molar-refractivity contribution in [2.24, 2.45) is 10.2 Å². The summed E-state index contributed by atoms with van der Waals surface area (Å²) in [5, 5.41) is 28.8. The van der Waals surface area contributed by atoms with Crippen LogP contribution in [0.2, 0.25) is 0 Å². The summed E-state index contributed by atoms with van der Waals surface area (Å²) in [7, 11) is 0. The van der Waals surface area contributed by atoms with Crippen LogP contribution in [0, 0.1) is 20.2 Å². The van der Waals surface area contributed by atoms with E-state index in [2.05, 4.69) is 10.2 Å². The lowest BCUT2D eigenvalue weighted by atomic mass is 10.2. The lowest BCUT2D eigenvalue weighted by Gasteiger charge is -1.93. The lowest BCUT2D eigenvalue weighted by Crippen LogP contribution is -1.90. The molecule has 2 aromatic rings. The molecule has 0 amide bonds. The van der Waals surface area contributed by atoms with Crippen molar-refractivity contribution in [3.8, 4) is 0 Å². The molecule has 22 heavy (non-hydrogen) atoms. The molecular formula is C14H10N4O4. The maximum Gasteiger partial charge on any atom is 0.270 e. The summed E-state index contributed by atoms with van der Waals surface area (Å²) < 4.78 is 0. The molecule has 0 aliphatic heterocycles. The Labute approximate surface area is 124 Å². The van der Waals surface area contributed by atoms with Gasteiger partial charge in [-0.15, -0.1) is 0 Å². The predicted octanol–water partition coefficient (Wildman–Crippen LogP) is 2.96. The molecule has 0 aliphatic rings. The van der Waals surface area contributed by atoms with Gasteiger partial charge in [0.15, 0.2) is 0 Å². The maximum absolute atomic E-state index is 10.6. The highest BCUT2D eigenvalue weighted by atomic mass is 16.6. The van der Waals surface area contributed by atoms with Crippen LogP contribution in [-0.2, 0) is 0 Å². The summed E-state index contributed by atoms with van der Waals surface area (Å²) in [5.74, 6) is 0. The Bertz CT molecular complexity index is 705. The number of nitro groups is 2. The van der Waals surface area contributed by atoms with Crippen LogP contribution in [0.5, 0.6) is 0 Å². The molecule has 0 spiro atoms. The summed E-state index contributed by atoms with van der Waals surface area (Å²) in [6, 6.07) is 11.9. The normalized spacial score (nSPS) is 11.1. The quantitative estimate of drug-likeness (QED) is 0.480. The number of nitrogens with zero attached hydrogens (tertiary/aromatic N) is 4. The van der Waals surface area contributed by atoms with Gasteiger partial charge in [0.2, 0.25) is 0 Å². The third-order valence-electron chi connectivity index (χ3n) is 2.64. The maximum atomic E-state index is 10.6. The topological polar surface area (TPSA) is 111 Å². The molecule has 0 aromatic heterocycles. The minimum absolute atomic E-state index is 0.0355. The van der Waals surface area contributed by atoms with Crippen molar-refractivity contribution >= 4 is 23.8 Å². The Morgan fingerprint density at radius 3 is 1.55 bits per heavy atom. The van der Waals surface area contributed by atoms with Gasteiger partial charge < -0.3 is 0 Å². The van der Waals surface area contributed by atoms with Gasteiger partial charge >= 0.3 is 0 Å². The fraction of sp³-hybridized carbons (Fsp3) is 0. The third-order valence-corrected chi connectivity index (χ3v) is 2.64. The zero-order chi connectivity index (χ0) is 15.9. The van der Waals surface area contributed by atoms with Gasteiger partial charge in [-0.2, -0.15) is 10.2 Å². The highest BCUT2D eigenvalue weighted by molar-refractivity contribution is 5.83. The van der Waals surface area contributed by atoms with Gasteiger partial charge in [-0.05, 0) is 0 Å². The van der Waals surface area contributed by atoms with Gasteiger partial charge in [-0.1, -0.05) is 24.3 Å². The second kappa shape index (κ2) is 6.84. The molecule has 0 bridgehead atoms. The fourth-order valence-electron chi connectivity index (χ4n) is 1.64. The van der Waals surface area contributed by atoms with Gasteiger partial charge in [0.05, 0.1) is 22.3 Å². The van der Waals surface area contributed by atoms with Crippen LogP contribution in [0.15, 0.2) is 58.7 Å². The van der Waals surface area contributed by atoms with Crippen molar-refractivity contribution in [1.82, 2.24) is 0 Å². The lowest BCUT2D eigenvalue weighted by molar-refractivity contribution is -0.385. The van der Waals surface area contributed by atoms with Crippen LogP contribution < -0.4 is 0 Å². The molecule has 0 atom stereocenters. The van der Waals surface area contributed by atoms with Crippen LogP contribution in [0.4, 0.5) is 11.4 Å². The van der Waals surface area contributed by atoms with E-state index in [0.717, 1.165) is 0 Å². The molecule has 2 rings (SSSR count). The zero-order valence-electron chi connectivity index (χ0n) is 11.2. The van der Waals surface area contributed by atoms with Crippen LogP contribution >= 0.6 is 0 Å². The first-order chi connectivity index (χ1) is 10.6. The Morgan fingerprint density at radius 2 is 1.18 bits per heavy atom. The van der Waals surface area contributed by atoms with Crippen LogP contribution in [-0.4, -0.2) is 22.3 Å². The molecule has 0 saturated carbocycles. The van der Waals surface area contributed by atoms with Crippen molar-refractivity contribution in [2.45, 2.75) is 0 Å². The zero-order valence-corrected chi connectivity index (χ0v) is 11.2. The van der Waals surface area contributed by atoms with E-state index >= 15 is 0 Å². The second-order valence-electron chi connectivity index (χ2n) is 4.19. The minimum Gasteiger partial charge on any atom is -0.258 e. The van der Waals surface area contributed by atoms with E-state index in [9.17, 15) is 20.2 Å². The summed E-state index contributed by atoms with van der Waals surface area (Å²) in [6.45, 7) is 0. The summed E-state index contributed by atoms with van der Waals surface area (Å²) in [6.07, 6.45) is 2.72.